The molecule has 0 saturated heterocycles. The quantitative estimate of drug-likeness (QED) is 0.555. The van der Waals surface area contributed by atoms with E-state index >= 15 is 4.39 Å². The number of benzene rings is 1. The number of halogens is 1. The molecular formula is C21H26FN7O. The van der Waals surface area contributed by atoms with Gasteiger partial charge in [0.2, 0.25) is 5.95 Å². The molecule has 8 nitrogen and oxygen atoms in total. The van der Waals surface area contributed by atoms with Crippen molar-refractivity contribution in [2.45, 2.75) is 43.9 Å². The van der Waals surface area contributed by atoms with Gasteiger partial charge in [0.25, 0.3) is 0 Å². The van der Waals surface area contributed by atoms with E-state index in [2.05, 4.69) is 30.7 Å². The van der Waals surface area contributed by atoms with Crippen LogP contribution in [-0.2, 0) is 0 Å². The lowest BCUT2D eigenvalue weighted by atomic mass is 10.0. The lowest BCUT2D eigenvalue weighted by molar-refractivity contribution is 0.214. The van der Waals surface area contributed by atoms with E-state index < -0.39 is 6.17 Å². The molecule has 2 aromatic heterocycles. The predicted octanol–water partition coefficient (Wildman–Crippen LogP) is 2.94. The fraction of sp³-hybridized carbons (Fsp3) is 0.429. The third kappa shape index (κ3) is 3.97. The van der Waals surface area contributed by atoms with Gasteiger partial charge in [-0.2, -0.15) is 5.10 Å². The Morgan fingerprint density at radius 3 is 2.67 bits per heavy atom. The van der Waals surface area contributed by atoms with Crippen molar-refractivity contribution >= 4 is 5.95 Å². The summed E-state index contributed by atoms with van der Waals surface area (Å²) in [5, 5.41) is 28.7. The van der Waals surface area contributed by atoms with E-state index in [1.165, 1.54) is 0 Å². The molecule has 3 aromatic rings. The molecule has 4 rings (SSSR count). The highest BCUT2D eigenvalue weighted by atomic mass is 19.1. The topological polar surface area (TPSA) is 103 Å². The van der Waals surface area contributed by atoms with Gasteiger partial charge in [0.1, 0.15) is 17.6 Å². The van der Waals surface area contributed by atoms with E-state index in [9.17, 15) is 5.11 Å². The lowest BCUT2D eigenvalue weighted by Gasteiger charge is -2.32. The number of hydrogen-bond donors (Lipinski definition) is 3. The number of aromatic nitrogens is 5. The molecule has 1 fully saturated rings. The second kappa shape index (κ2) is 8.74. The van der Waals surface area contributed by atoms with Crippen molar-refractivity contribution in [3.63, 3.8) is 0 Å². The average Bonchev–Trinajstić information content (AvgIpc) is 3.24. The maximum Gasteiger partial charge on any atom is 0.245 e. The molecule has 2 heterocycles. The molecule has 0 amide bonds. The molecule has 1 aliphatic rings. The van der Waals surface area contributed by atoms with Crippen molar-refractivity contribution in [1.29, 1.82) is 0 Å². The number of anilines is 1. The largest absolute Gasteiger partial charge is 0.507 e. The Hall–Kier alpha value is -3.07. The zero-order valence-electron chi connectivity index (χ0n) is 17.1. The number of aromatic amines is 1. The Bertz CT molecular complexity index is 964. The second-order valence-corrected chi connectivity index (χ2v) is 7.66. The maximum absolute atomic E-state index is 15.0. The zero-order valence-corrected chi connectivity index (χ0v) is 17.1. The highest BCUT2D eigenvalue weighted by molar-refractivity contribution is 5.73. The third-order valence-electron chi connectivity index (χ3n) is 5.86. The van der Waals surface area contributed by atoms with Crippen LogP contribution in [0.3, 0.4) is 0 Å². The van der Waals surface area contributed by atoms with E-state index in [4.69, 9.17) is 0 Å². The Kier molecular flexibility index (Phi) is 5.89. The summed E-state index contributed by atoms with van der Waals surface area (Å²) in [5.41, 5.74) is 2.70. The number of H-pyrrole nitrogens is 1. The summed E-state index contributed by atoms with van der Waals surface area (Å²) in [7, 11) is 3.61. The molecular weight excluding hydrogens is 385 g/mol. The third-order valence-corrected chi connectivity index (χ3v) is 5.86. The first-order valence-electron chi connectivity index (χ1n) is 10.1. The van der Waals surface area contributed by atoms with Gasteiger partial charge in [-0.3, -0.25) is 5.10 Å². The molecule has 9 heteroatoms. The Morgan fingerprint density at radius 2 is 2.00 bits per heavy atom. The summed E-state index contributed by atoms with van der Waals surface area (Å²) in [5.74, 6) is 0.452. The predicted molar refractivity (Wildman–Crippen MR) is 113 cm³/mol. The van der Waals surface area contributed by atoms with Gasteiger partial charge in [-0.1, -0.05) is 18.9 Å². The Morgan fingerprint density at radius 1 is 1.17 bits per heavy atom. The van der Waals surface area contributed by atoms with Crippen LogP contribution in [0.15, 0.2) is 36.8 Å². The normalized spacial score (nSPS) is 21.9. The molecule has 0 spiro atoms. The minimum Gasteiger partial charge on any atom is -0.507 e. The van der Waals surface area contributed by atoms with Gasteiger partial charge in [-0.05, 0) is 37.6 Å². The number of hydrogen-bond acceptors (Lipinski definition) is 7. The molecule has 1 aliphatic carbocycles. The van der Waals surface area contributed by atoms with Crippen LogP contribution in [0.25, 0.3) is 22.4 Å². The molecule has 1 aromatic carbocycles. The minimum atomic E-state index is -1.01. The van der Waals surface area contributed by atoms with Crippen molar-refractivity contribution < 1.29 is 9.50 Å². The van der Waals surface area contributed by atoms with Crippen molar-refractivity contribution in [3.8, 4) is 28.1 Å². The van der Waals surface area contributed by atoms with Crippen molar-refractivity contribution in [3.05, 3.63) is 36.8 Å². The molecule has 0 radical (unpaired) electrons. The van der Waals surface area contributed by atoms with Crippen LogP contribution >= 0.6 is 0 Å². The van der Waals surface area contributed by atoms with Gasteiger partial charge < -0.3 is 15.3 Å². The summed E-state index contributed by atoms with van der Waals surface area (Å²) >= 11 is 0. The van der Waals surface area contributed by atoms with Crippen molar-refractivity contribution in [2.24, 2.45) is 0 Å². The summed E-state index contributed by atoms with van der Waals surface area (Å²) in [6.45, 7) is 0. The van der Waals surface area contributed by atoms with Gasteiger partial charge in [0.15, 0.2) is 0 Å². The summed E-state index contributed by atoms with van der Waals surface area (Å²) in [6.07, 6.45) is 7.54. The number of phenols is 1. The number of aromatic hydroxyl groups is 1. The number of nitrogens with zero attached hydrogens (tertiary/aromatic N) is 5. The van der Waals surface area contributed by atoms with E-state index in [1.807, 2.05) is 13.1 Å². The van der Waals surface area contributed by atoms with Crippen LogP contribution in [0, 0.1) is 0 Å². The molecule has 1 unspecified atom stereocenters. The van der Waals surface area contributed by atoms with Crippen LogP contribution in [0.5, 0.6) is 5.75 Å². The highest BCUT2D eigenvalue weighted by Gasteiger charge is 2.34. The van der Waals surface area contributed by atoms with Gasteiger partial charge in [-0.15, -0.1) is 10.2 Å². The molecule has 158 valence electrons. The fourth-order valence-electron chi connectivity index (χ4n) is 4.05. The number of alkyl halides is 1. The van der Waals surface area contributed by atoms with Gasteiger partial charge in [-0.25, -0.2) is 9.37 Å². The minimum absolute atomic E-state index is 0.0790. The van der Waals surface area contributed by atoms with E-state index in [0.717, 1.165) is 36.8 Å². The maximum atomic E-state index is 15.0. The first-order chi connectivity index (χ1) is 14.6. The molecule has 1 saturated carbocycles. The van der Waals surface area contributed by atoms with E-state index in [-0.39, 0.29) is 17.8 Å². The van der Waals surface area contributed by atoms with Crippen LogP contribution in [0.2, 0.25) is 0 Å². The van der Waals surface area contributed by atoms with Crippen LogP contribution in [0.4, 0.5) is 10.3 Å². The second-order valence-electron chi connectivity index (χ2n) is 7.66. The van der Waals surface area contributed by atoms with Gasteiger partial charge in [0.05, 0.1) is 18.4 Å². The molecule has 0 aliphatic heterocycles. The van der Waals surface area contributed by atoms with Crippen molar-refractivity contribution in [2.75, 3.05) is 19.0 Å². The van der Waals surface area contributed by atoms with Crippen LogP contribution < -0.4 is 10.2 Å². The Balaban J connectivity index is 1.54. The smallest absolute Gasteiger partial charge is 0.245 e. The highest BCUT2D eigenvalue weighted by Crippen LogP contribution is 2.32. The lowest BCUT2D eigenvalue weighted by Crippen LogP contribution is -2.48. The Labute approximate surface area is 174 Å². The molecule has 30 heavy (non-hydrogen) atoms. The van der Waals surface area contributed by atoms with E-state index in [0.29, 0.717) is 17.2 Å². The zero-order chi connectivity index (χ0) is 21.1. The number of nitrogens with one attached hydrogen (secondary N) is 2. The summed E-state index contributed by atoms with van der Waals surface area (Å²) < 4.78 is 15.0. The average molecular weight is 411 g/mol. The summed E-state index contributed by atoms with van der Waals surface area (Å²) in [6, 6.07) is 4.82. The SMILES string of the molecule is CNC1CCCC[C@H](N(C)c2ncc(-c3ccc(-c4cn[nH]c4)cc3O)nn2)[C@@H]1F. The fourth-order valence-corrected chi connectivity index (χ4v) is 4.05. The first-order valence-corrected chi connectivity index (χ1v) is 10.1. The monoisotopic (exact) mass is 411 g/mol. The standard InChI is InChI=1S/C21H26FN7O/c1-23-16-5-3-4-6-18(20(16)22)29(2)21-24-12-17(27-28-21)15-8-7-13(9-19(15)30)14-10-25-26-11-14/h7-12,16,18,20,23,30H,3-6H2,1-2H3,(H,25,26)/t16?,18-,20+/m0/s1. The van der Waals surface area contributed by atoms with Crippen molar-refractivity contribution in [1.82, 2.24) is 30.7 Å². The number of phenolic OH excluding ortho intramolecular Hbond substituents is 1. The summed E-state index contributed by atoms with van der Waals surface area (Å²) in [4.78, 5) is 6.18. The molecule has 3 atom stereocenters. The van der Waals surface area contributed by atoms with Gasteiger partial charge >= 0.3 is 0 Å². The van der Waals surface area contributed by atoms with Gasteiger partial charge in [0, 0.05) is 30.4 Å². The van der Waals surface area contributed by atoms with E-state index in [1.54, 1.807) is 42.7 Å². The number of rotatable bonds is 5. The first kappa shape index (κ1) is 20.2. The molecule has 0 bridgehead atoms. The molecule has 3 N–H and O–H groups in total. The van der Waals surface area contributed by atoms with Crippen LogP contribution in [0.1, 0.15) is 25.7 Å². The van der Waals surface area contributed by atoms with Crippen LogP contribution in [-0.4, -0.2) is 62.8 Å².